The van der Waals surface area contributed by atoms with Crippen molar-refractivity contribution in [2.75, 3.05) is 13.0 Å². The Bertz CT molecular complexity index is 1270. The maximum Gasteiger partial charge on any atom is 0.417 e. The summed E-state index contributed by atoms with van der Waals surface area (Å²) in [5.74, 6) is 6.17. The van der Waals surface area contributed by atoms with E-state index in [-0.39, 0.29) is 33.7 Å². The molecule has 0 aliphatic heterocycles. The predicted octanol–water partition coefficient (Wildman–Crippen LogP) is 3.25. The highest BCUT2D eigenvalue weighted by molar-refractivity contribution is 6.03. The standard InChI is InChI=1S/C18H13F3N4O3/c1-8-23-14-13-11(18(19,20)21)7-12(9-3-5-10(27-2)6-4-9)24-16(13)28-15(14)17(26)25(8)22/h3-7H,22H2,1-2H3. The third-order valence-corrected chi connectivity index (χ3v) is 4.36. The molecule has 0 saturated heterocycles. The van der Waals surface area contributed by atoms with Crippen LogP contribution in [0.4, 0.5) is 13.2 Å². The van der Waals surface area contributed by atoms with E-state index in [1.165, 1.54) is 14.0 Å². The second kappa shape index (κ2) is 5.98. The molecule has 10 heteroatoms. The SMILES string of the molecule is COc1ccc(-c2cc(C(F)(F)F)c3c(n2)oc2c(=O)n(N)c(C)nc23)cc1. The predicted molar refractivity (Wildman–Crippen MR) is 95.4 cm³/mol. The lowest BCUT2D eigenvalue weighted by molar-refractivity contribution is -0.136. The molecule has 7 nitrogen and oxygen atoms in total. The minimum Gasteiger partial charge on any atom is -0.497 e. The van der Waals surface area contributed by atoms with E-state index >= 15 is 0 Å². The van der Waals surface area contributed by atoms with Gasteiger partial charge in [-0.25, -0.2) is 14.6 Å². The molecule has 2 N–H and O–H groups in total. The molecule has 0 spiro atoms. The lowest BCUT2D eigenvalue weighted by Gasteiger charge is -2.10. The van der Waals surface area contributed by atoms with Crippen molar-refractivity contribution in [2.45, 2.75) is 13.1 Å². The van der Waals surface area contributed by atoms with E-state index in [4.69, 9.17) is 15.0 Å². The van der Waals surface area contributed by atoms with Gasteiger partial charge in [0.2, 0.25) is 11.3 Å². The van der Waals surface area contributed by atoms with E-state index in [1.54, 1.807) is 24.3 Å². The molecule has 144 valence electrons. The number of halogens is 3. The average molecular weight is 390 g/mol. The van der Waals surface area contributed by atoms with E-state index in [9.17, 15) is 18.0 Å². The molecular weight excluding hydrogens is 377 g/mol. The summed E-state index contributed by atoms with van der Waals surface area (Å²) in [7, 11) is 1.48. The molecule has 0 unspecified atom stereocenters. The number of nitrogens with two attached hydrogens (primary N) is 1. The number of rotatable bonds is 2. The van der Waals surface area contributed by atoms with Crippen LogP contribution in [0.15, 0.2) is 39.5 Å². The molecule has 3 aromatic heterocycles. The number of nitrogens with zero attached hydrogens (tertiary/aromatic N) is 3. The number of furan rings is 1. The molecule has 28 heavy (non-hydrogen) atoms. The highest BCUT2D eigenvalue weighted by Crippen LogP contribution is 2.40. The van der Waals surface area contributed by atoms with Gasteiger partial charge in [-0.15, -0.1) is 0 Å². The first-order valence-corrected chi connectivity index (χ1v) is 8.04. The topological polar surface area (TPSA) is 96.2 Å². The number of aromatic nitrogens is 3. The number of hydrogen-bond acceptors (Lipinski definition) is 6. The quantitative estimate of drug-likeness (QED) is 0.528. The highest BCUT2D eigenvalue weighted by Gasteiger charge is 2.36. The second-order valence-corrected chi connectivity index (χ2v) is 6.08. The molecular formula is C18H13F3N4O3. The van der Waals surface area contributed by atoms with Gasteiger partial charge < -0.3 is 15.0 Å². The molecule has 0 fully saturated rings. The van der Waals surface area contributed by atoms with Crippen molar-refractivity contribution in [3.63, 3.8) is 0 Å². The van der Waals surface area contributed by atoms with Crippen LogP contribution in [-0.4, -0.2) is 21.8 Å². The van der Waals surface area contributed by atoms with Crippen LogP contribution < -0.4 is 16.1 Å². The Labute approximate surface area is 155 Å². The van der Waals surface area contributed by atoms with Gasteiger partial charge in [-0.3, -0.25) is 4.79 Å². The Morgan fingerprint density at radius 1 is 1.18 bits per heavy atom. The van der Waals surface area contributed by atoms with Gasteiger partial charge in [-0.05, 0) is 37.3 Å². The molecule has 0 bridgehead atoms. The van der Waals surface area contributed by atoms with Crippen LogP contribution in [0.3, 0.4) is 0 Å². The minimum atomic E-state index is -4.72. The van der Waals surface area contributed by atoms with E-state index in [0.717, 1.165) is 6.07 Å². The Hall–Kier alpha value is -3.56. The molecule has 0 saturated carbocycles. The van der Waals surface area contributed by atoms with Crippen LogP contribution in [0, 0.1) is 6.92 Å². The summed E-state index contributed by atoms with van der Waals surface area (Å²) >= 11 is 0. The zero-order valence-corrected chi connectivity index (χ0v) is 14.7. The smallest absolute Gasteiger partial charge is 0.417 e. The summed E-state index contributed by atoms with van der Waals surface area (Å²) in [6.07, 6.45) is -4.72. The summed E-state index contributed by atoms with van der Waals surface area (Å²) in [4.78, 5) is 20.5. The van der Waals surface area contributed by atoms with Gasteiger partial charge in [0.05, 0.1) is 23.8 Å². The normalized spacial score (nSPS) is 12.0. The van der Waals surface area contributed by atoms with Gasteiger partial charge in [0.1, 0.15) is 17.1 Å². The van der Waals surface area contributed by atoms with Gasteiger partial charge in [-0.1, -0.05) is 0 Å². The first-order valence-electron chi connectivity index (χ1n) is 8.04. The third-order valence-electron chi connectivity index (χ3n) is 4.36. The Morgan fingerprint density at radius 2 is 1.86 bits per heavy atom. The van der Waals surface area contributed by atoms with Crippen molar-refractivity contribution in [2.24, 2.45) is 0 Å². The first-order chi connectivity index (χ1) is 13.2. The maximum absolute atomic E-state index is 13.8. The van der Waals surface area contributed by atoms with Gasteiger partial charge >= 0.3 is 11.7 Å². The lowest BCUT2D eigenvalue weighted by Crippen LogP contribution is -2.29. The highest BCUT2D eigenvalue weighted by atomic mass is 19.4. The van der Waals surface area contributed by atoms with E-state index in [1.807, 2.05) is 0 Å². The van der Waals surface area contributed by atoms with Crippen LogP contribution in [0.2, 0.25) is 0 Å². The summed E-state index contributed by atoms with van der Waals surface area (Å²) in [6, 6.07) is 7.26. The fourth-order valence-electron chi connectivity index (χ4n) is 2.94. The minimum absolute atomic E-state index is 0.0336. The summed E-state index contributed by atoms with van der Waals surface area (Å²) < 4.78 is 52.5. The van der Waals surface area contributed by atoms with E-state index in [0.29, 0.717) is 16.0 Å². The molecule has 0 atom stereocenters. The number of methoxy groups -OCH3 is 1. The molecule has 4 aromatic rings. The molecule has 4 rings (SSSR count). The molecule has 1 aromatic carbocycles. The molecule has 0 aliphatic carbocycles. The summed E-state index contributed by atoms with van der Waals surface area (Å²) in [5.41, 5.74) is -2.28. The van der Waals surface area contributed by atoms with Crippen molar-refractivity contribution in [3.05, 3.63) is 52.1 Å². The Balaban J connectivity index is 2.09. The fraction of sp³-hybridized carbons (Fsp3) is 0.167. The zero-order chi connectivity index (χ0) is 20.2. The number of alkyl halides is 3. The Kier molecular flexibility index (Phi) is 3.81. The molecule has 0 radical (unpaired) electrons. The maximum atomic E-state index is 13.8. The van der Waals surface area contributed by atoms with Gasteiger partial charge in [0.25, 0.3) is 0 Å². The van der Waals surface area contributed by atoms with E-state index in [2.05, 4.69) is 9.97 Å². The van der Waals surface area contributed by atoms with Crippen molar-refractivity contribution >= 4 is 22.2 Å². The van der Waals surface area contributed by atoms with Crippen molar-refractivity contribution in [1.29, 1.82) is 0 Å². The number of fused-ring (bicyclic) bond motifs is 3. The van der Waals surface area contributed by atoms with Crippen LogP contribution in [0.25, 0.3) is 33.5 Å². The largest absolute Gasteiger partial charge is 0.497 e. The fourth-order valence-corrected chi connectivity index (χ4v) is 2.94. The van der Waals surface area contributed by atoms with E-state index < -0.39 is 17.3 Å². The third kappa shape index (κ3) is 2.65. The van der Waals surface area contributed by atoms with Crippen molar-refractivity contribution < 1.29 is 22.3 Å². The van der Waals surface area contributed by atoms with Gasteiger partial charge in [-0.2, -0.15) is 13.2 Å². The number of aryl methyl sites for hydroxylation is 1. The molecule has 0 aliphatic rings. The van der Waals surface area contributed by atoms with Gasteiger partial charge in [0, 0.05) is 5.56 Å². The van der Waals surface area contributed by atoms with Crippen molar-refractivity contribution in [1.82, 2.24) is 14.6 Å². The number of benzene rings is 1. The van der Waals surface area contributed by atoms with Crippen LogP contribution in [0.1, 0.15) is 11.4 Å². The number of hydrogen-bond donors (Lipinski definition) is 1. The second-order valence-electron chi connectivity index (χ2n) is 6.08. The molecule has 3 heterocycles. The average Bonchev–Trinajstić information content (AvgIpc) is 3.03. The zero-order valence-electron chi connectivity index (χ0n) is 14.7. The summed E-state index contributed by atoms with van der Waals surface area (Å²) in [6.45, 7) is 1.41. The van der Waals surface area contributed by atoms with Crippen molar-refractivity contribution in [3.8, 4) is 17.0 Å². The number of pyridine rings is 1. The van der Waals surface area contributed by atoms with Gasteiger partial charge in [0.15, 0.2) is 0 Å². The van der Waals surface area contributed by atoms with Crippen LogP contribution in [0.5, 0.6) is 5.75 Å². The van der Waals surface area contributed by atoms with Crippen LogP contribution >= 0.6 is 0 Å². The Morgan fingerprint density at radius 3 is 2.46 bits per heavy atom. The molecule has 0 amide bonds. The summed E-state index contributed by atoms with van der Waals surface area (Å²) in [5, 5.41) is -0.374. The number of nitrogen functional groups attached to an aromatic ring is 1. The monoisotopic (exact) mass is 390 g/mol. The van der Waals surface area contributed by atoms with Crippen LogP contribution in [-0.2, 0) is 6.18 Å². The number of ether oxygens (including phenoxy) is 1. The lowest BCUT2D eigenvalue weighted by atomic mass is 10.1. The first kappa shape index (κ1) is 17.8.